The number of thiophene rings is 1. The van der Waals surface area contributed by atoms with E-state index in [1.54, 1.807) is 6.92 Å². The van der Waals surface area contributed by atoms with Gasteiger partial charge in [0.15, 0.2) is 4.34 Å². The molecule has 0 aliphatic rings. The van der Waals surface area contributed by atoms with Crippen LogP contribution in [0.1, 0.15) is 17.3 Å². The van der Waals surface area contributed by atoms with Crippen LogP contribution in [0, 0.1) is 0 Å². The highest BCUT2D eigenvalue weighted by atomic mass is 79.9. The van der Waals surface area contributed by atoms with Gasteiger partial charge in [0.25, 0.3) is 0 Å². The molecule has 0 aliphatic carbocycles. The summed E-state index contributed by atoms with van der Waals surface area (Å²) in [7, 11) is 0. The molecule has 2 heterocycles. The van der Waals surface area contributed by atoms with Crippen LogP contribution in [0.25, 0.3) is 11.1 Å². The monoisotopic (exact) mass is 498 g/mol. The first kappa shape index (κ1) is 20.8. The first-order chi connectivity index (χ1) is 13.5. The Morgan fingerprint density at radius 2 is 2.00 bits per heavy atom. The molecule has 11 heteroatoms. The van der Waals surface area contributed by atoms with Crippen LogP contribution in [0.3, 0.4) is 0 Å². The van der Waals surface area contributed by atoms with Gasteiger partial charge in [-0.25, -0.2) is 4.79 Å². The largest absolute Gasteiger partial charge is 0.462 e. The van der Waals surface area contributed by atoms with Crippen molar-refractivity contribution in [3.05, 3.63) is 39.7 Å². The molecule has 3 aromatic rings. The number of nitrogens with two attached hydrogens (primary N) is 1. The molecule has 0 aliphatic heterocycles. The van der Waals surface area contributed by atoms with E-state index in [0.29, 0.717) is 25.6 Å². The lowest BCUT2D eigenvalue weighted by Gasteiger charge is -2.08. The van der Waals surface area contributed by atoms with E-state index in [2.05, 4.69) is 31.4 Å². The average Bonchev–Trinajstić information content (AvgIpc) is 3.23. The minimum Gasteiger partial charge on any atom is -0.462 e. The Labute approximate surface area is 181 Å². The number of anilines is 2. The number of nitrogens with zero attached hydrogens (tertiary/aromatic N) is 2. The predicted molar refractivity (Wildman–Crippen MR) is 117 cm³/mol. The van der Waals surface area contributed by atoms with E-state index in [-0.39, 0.29) is 18.3 Å². The zero-order chi connectivity index (χ0) is 20.1. The first-order valence-electron chi connectivity index (χ1n) is 8.06. The van der Waals surface area contributed by atoms with E-state index in [1.165, 1.54) is 34.4 Å². The lowest BCUT2D eigenvalue weighted by molar-refractivity contribution is -0.113. The second kappa shape index (κ2) is 9.50. The normalized spacial score (nSPS) is 10.6. The fourth-order valence-corrected chi connectivity index (χ4v) is 5.62. The van der Waals surface area contributed by atoms with Gasteiger partial charge in [-0.2, -0.15) is 0 Å². The molecular formula is C17H15BrN4O3S3. The van der Waals surface area contributed by atoms with Gasteiger partial charge in [0.05, 0.1) is 16.1 Å². The van der Waals surface area contributed by atoms with Crippen LogP contribution in [0.2, 0.25) is 0 Å². The van der Waals surface area contributed by atoms with E-state index in [4.69, 9.17) is 10.5 Å². The molecule has 0 unspecified atom stereocenters. The maximum Gasteiger partial charge on any atom is 0.341 e. The second-order valence-electron chi connectivity index (χ2n) is 5.28. The third-order valence-electron chi connectivity index (χ3n) is 3.41. The highest BCUT2D eigenvalue weighted by Crippen LogP contribution is 2.44. The number of ether oxygens (including phenoxy) is 1. The Morgan fingerprint density at radius 3 is 2.64 bits per heavy atom. The molecule has 7 nitrogen and oxygen atoms in total. The van der Waals surface area contributed by atoms with Crippen LogP contribution in [0.4, 0.5) is 10.1 Å². The molecule has 0 saturated carbocycles. The number of esters is 1. The number of benzene rings is 1. The van der Waals surface area contributed by atoms with Crippen molar-refractivity contribution in [2.45, 2.75) is 11.3 Å². The molecule has 0 radical (unpaired) electrons. The van der Waals surface area contributed by atoms with Crippen LogP contribution in [-0.2, 0) is 9.53 Å². The van der Waals surface area contributed by atoms with Crippen LogP contribution < -0.4 is 11.1 Å². The number of amides is 1. The number of hydrogen-bond donors (Lipinski definition) is 2. The van der Waals surface area contributed by atoms with E-state index < -0.39 is 5.97 Å². The Kier molecular flexibility index (Phi) is 7.05. The summed E-state index contributed by atoms with van der Waals surface area (Å²) >= 11 is 7.23. The zero-order valence-electron chi connectivity index (χ0n) is 14.6. The molecule has 0 spiro atoms. The third kappa shape index (κ3) is 4.90. The van der Waals surface area contributed by atoms with Gasteiger partial charge in [-0.15, -0.1) is 21.5 Å². The van der Waals surface area contributed by atoms with Gasteiger partial charge in [-0.3, -0.25) is 4.79 Å². The number of halogens is 1. The molecule has 1 amide bonds. The molecule has 0 saturated heterocycles. The van der Waals surface area contributed by atoms with E-state index in [9.17, 15) is 9.59 Å². The molecule has 0 fully saturated rings. The average molecular weight is 499 g/mol. The van der Waals surface area contributed by atoms with Gasteiger partial charge >= 0.3 is 5.97 Å². The van der Waals surface area contributed by atoms with Crippen molar-refractivity contribution < 1.29 is 14.3 Å². The standard InChI is InChI=1S/C17H15BrN4O3S3/c1-2-25-15(24)12-11(9-6-4-3-5-7-9)13(18)27-14(12)20-10(23)8-26-17-22-21-16(19)28-17/h3-7H,2,8H2,1H3,(H2,19,21)(H,20,23). The molecule has 2 aromatic heterocycles. The minimum absolute atomic E-state index is 0.118. The fourth-order valence-electron chi connectivity index (χ4n) is 2.32. The molecule has 0 atom stereocenters. The quantitative estimate of drug-likeness (QED) is 0.364. The summed E-state index contributed by atoms with van der Waals surface area (Å²) in [5, 5.41) is 11.2. The van der Waals surface area contributed by atoms with Gasteiger partial charge in [0, 0.05) is 5.56 Å². The van der Waals surface area contributed by atoms with Gasteiger partial charge in [-0.05, 0) is 28.4 Å². The van der Waals surface area contributed by atoms with Crippen molar-refractivity contribution in [1.82, 2.24) is 10.2 Å². The molecule has 0 bridgehead atoms. The van der Waals surface area contributed by atoms with Gasteiger partial charge in [0.2, 0.25) is 11.0 Å². The first-order valence-corrected chi connectivity index (χ1v) is 11.5. The number of rotatable bonds is 7. The zero-order valence-corrected chi connectivity index (χ0v) is 18.6. The second-order valence-corrected chi connectivity index (χ2v) is 9.85. The SMILES string of the molecule is CCOC(=O)c1c(NC(=O)CSc2nnc(N)s2)sc(Br)c1-c1ccccc1. The maximum atomic E-state index is 12.6. The van der Waals surface area contributed by atoms with Crippen molar-refractivity contribution >= 4 is 72.4 Å². The van der Waals surface area contributed by atoms with Crippen molar-refractivity contribution in [2.24, 2.45) is 0 Å². The number of aromatic nitrogens is 2. The summed E-state index contributed by atoms with van der Waals surface area (Å²) in [5.41, 5.74) is 7.43. The summed E-state index contributed by atoms with van der Waals surface area (Å²) in [4.78, 5) is 25.0. The summed E-state index contributed by atoms with van der Waals surface area (Å²) in [6.45, 7) is 1.98. The number of carbonyl (C=O) groups excluding carboxylic acids is 2. The Morgan fingerprint density at radius 1 is 1.25 bits per heavy atom. The topological polar surface area (TPSA) is 107 Å². The van der Waals surface area contributed by atoms with Crippen LogP contribution in [-0.4, -0.2) is 34.4 Å². The summed E-state index contributed by atoms with van der Waals surface area (Å²) < 4.78 is 6.56. The Balaban J connectivity index is 1.85. The molecule has 3 N–H and O–H groups in total. The number of thioether (sulfide) groups is 1. The molecular weight excluding hydrogens is 484 g/mol. The predicted octanol–water partition coefficient (Wildman–Crippen LogP) is 4.52. The van der Waals surface area contributed by atoms with Crippen LogP contribution in [0.15, 0.2) is 38.5 Å². The molecule has 146 valence electrons. The van der Waals surface area contributed by atoms with Gasteiger partial charge < -0.3 is 15.8 Å². The van der Waals surface area contributed by atoms with E-state index in [0.717, 1.165) is 9.35 Å². The maximum absolute atomic E-state index is 12.6. The minimum atomic E-state index is -0.483. The molecule has 28 heavy (non-hydrogen) atoms. The van der Waals surface area contributed by atoms with Crippen molar-refractivity contribution in [2.75, 3.05) is 23.4 Å². The van der Waals surface area contributed by atoms with Gasteiger partial charge in [-0.1, -0.05) is 53.4 Å². The summed E-state index contributed by atoms with van der Waals surface area (Å²) in [6, 6.07) is 9.47. The fraction of sp³-hybridized carbons (Fsp3) is 0.176. The highest BCUT2D eigenvalue weighted by molar-refractivity contribution is 9.11. The lowest BCUT2D eigenvalue weighted by Crippen LogP contribution is -2.16. The van der Waals surface area contributed by atoms with Crippen molar-refractivity contribution in [3.8, 4) is 11.1 Å². The van der Waals surface area contributed by atoms with Crippen molar-refractivity contribution in [3.63, 3.8) is 0 Å². The summed E-state index contributed by atoms with van der Waals surface area (Å²) in [5.74, 6) is -0.631. The number of nitrogens with one attached hydrogen (secondary N) is 1. The highest BCUT2D eigenvalue weighted by Gasteiger charge is 2.26. The van der Waals surface area contributed by atoms with Crippen molar-refractivity contribution in [1.29, 1.82) is 0 Å². The Bertz CT molecular complexity index is 991. The lowest BCUT2D eigenvalue weighted by atomic mass is 10.0. The summed E-state index contributed by atoms with van der Waals surface area (Å²) in [6.07, 6.45) is 0. The molecule has 3 rings (SSSR count). The Hall–Kier alpha value is -1.95. The molecule has 1 aromatic carbocycles. The van der Waals surface area contributed by atoms with E-state index in [1.807, 2.05) is 30.3 Å². The number of hydrogen-bond acceptors (Lipinski definition) is 9. The third-order valence-corrected chi connectivity index (χ3v) is 7.07. The van der Waals surface area contributed by atoms with Gasteiger partial charge in [0.1, 0.15) is 10.6 Å². The number of nitrogen functional groups attached to an aromatic ring is 1. The number of carbonyl (C=O) groups is 2. The van der Waals surface area contributed by atoms with Crippen LogP contribution in [0.5, 0.6) is 0 Å². The smallest absolute Gasteiger partial charge is 0.341 e. The van der Waals surface area contributed by atoms with Crippen LogP contribution >= 0.6 is 50.4 Å². The van der Waals surface area contributed by atoms with E-state index >= 15 is 0 Å².